The van der Waals surface area contributed by atoms with Crippen LogP contribution in [0.25, 0.3) is 0 Å². The molecule has 16 heavy (non-hydrogen) atoms. The van der Waals surface area contributed by atoms with Gasteiger partial charge in [-0.25, -0.2) is 4.98 Å². The van der Waals surface area contributed by atoms with Crippen LogP contribution in [0.5, 0.6) is 0 Å². The van der Waals surface area contributed by atoms with Crippen LogP contribution in [0.1, 0.15) is 31.0 Å². The Hall–Kier alpha value is -0.0600. The molecule has 0 bridgehead atoms. The average molecular weight is 258 g/mol. The van der Waals surface area contributed by atoms with Crippen LogP contribution in [0.4, 0.5) is 0 Å². The molecular weight excluding hydrogens is 236 g/mol. The van der Waals surface area contributed by atoms with Crippen LogP contribution in [0.15, 0.2) is 5.38 Å². The number of thioether (sulfide) groups is 1. The first-order valence-electron chi connectivity index (χ1n) is 6.08. The van der Waals surface area contributed by atoms with Crippen LogP contribution in [0, 0.1) is 0 Å². The highest BCUT2D eigenvalue weighted by Crippen LogP contribution is 2.10. The summed E-state index contributed by atoms with van der Waals surface area (Å²) < 4.78 is 0. The zero-order valence-electron chi connectivity index (χ0n) is 10.3. The van der Waals surface area contributed by atoms with E-state index in [1.54, 1.807) is 11.3 Å². The molecule has 0 atom stereocenters. The Morgan fingerprint density at radius 2 is 2.25 bits per heavy atom. The van der Waals surface area contributed by atoms with Gasteiger partial charge in [0.25, 0.3) is 0 Å². The number of aromatic nitrogens is 1. The lowest BCUT2D eigenvalue weighted by molar-refractivity contribution is 0.669. The Kier molecular flexibility index (Phi) is 7.89. The van der Waals surface area contributed by atoms with Crippen LogP contribution in [0.3, 0.4) is 0 Å². The number of aryl methyl sites for hydroxylation is 1. The van der Waals surface area contributed by atoms with Gasteiger partial charge in [0, 0.05) is 18.3 Å². The zero-order valence-corrected chi connectivity index (χ0v) is 11.9. The van der Waals surface area contributed by atoms with Crippen LogP contribution < -0.4 is 5.32 Å². The molecule has 0 saturated carbocycles. The summed E-state index contributed by atoms with van der Waals surface area (Å²) in [5, 5.41) is 6.92. The van der Waals surface area contributed by atoms with Gasteiger partial charge in [-0.1, -0.05) is 13.8 Å². The SMILES string of the molecule is CCSCCCNCCc1csc(CC)n1. The van der Waals surface area contributed by atoms with Crippen molar-refractivity contribution < 1.29 is 0 Å². The Bertz CT molecular complexity index is 274. The van der Waals surface area contributed by atoms with Crippen molar-refractivity contribution in [1.29, 1.82) is 0 Å². The Labute approximate surface area is 107 Å². The molecule has 0 spiro atoms. The maximum atomic E-state index is 4.55. The van der Waals surface area contributed by atoms with Crippen molar-refractivity contribution in [1.82, 2.24) is 10.3 Å². The summed E-state index contributed by atoms with van der Waals surface area (Å²) in [5.41, 5.74) is 1.25. The molecule has 0 saturated heterocycles. The molecule has 0 fully saturated rings. The van der Waals surface area contributed by atoms with Crippen molar-refractivity contribution in [2.24, 2.45) is 0 Å². The van der Waals surface area contributed by atoms with Crippen LogP contribution in [0.2, 0.25) is 0 Å². The Balaban J connectivity index is 1.98. The summed E-state index contributed by atoms with van der Waals surface area (Å²) in [6.07, 6.45) is 3.40. The van der Waals surface area contributed by atoms with Crippen molar-refractivity contribution >= 4 is 23.1 Å². The van der Waals surface area contributed by atoms with Crippen molar-refractivity contribution in [2.45, 2.75) is 33.1 Å². The molecule has 4 heteroatoms. The fraction of sp³-hybridized carbons (Fsp3) is 0.750. The third-order valence-corrected chi connectivity index (χ3v) is 4.33. The predicted octanol–water partition coefficient (Wildman–Crippen LogP) is 2.98. The van der Waals surface area contributed by atoms with E-state index in [0.29, 0.717) is 0 Å². The molecule has 0 aromatic carbocycles. The molecule has 0 aliphatic carbocycles. The molecule has 0 amide bonds. The largest absolute Gasteiger partial charge is 0.316 e. The highest BCUT2D eigenvalue weighted by Gasteiger charge is 1.99. The average Bonchev–Trinajstić information content (AvgIpc) is 2.76. The van der Waals surface area contributed by atoms with Crippen molar-refractivity contribution in [3.05, 3.63) is 16.1 Å². The van der Waals surface area contributed by atoms with Gasteiger partial charge in [0.2, 0.25) is 0 Å². The second-order valence-electron chi connectivity index (χ2n) is 3.64. The Morgan fingerprint density at radius 3 is 2.94 bits per heavy atom. The van der Waals surface area contributed by atoms with Gasteiger partial charge in [0.15, 0.2) is 0 Å². The van der Waals surface area contributed by atoms with Crippen molar-refractivity contribution in [2.75, 3.05) is 24.6 Å². The second kappa shape index (κ2) is 9.02. The van der Waals surface area contributed by atoms with E-state index >= 15 is 0 Å². The molecule has 1 aromatic heterocycles. The summed E-state index contributed by atoms with van der Waals surface area (Å²) in [7, 11) is 0. The second-order valence-corrected chi connectivity index (χ2v) is 5.97. The molecule has 0 aliphatic heterocycles. The first kappa shape index (κ1) is 14.0. The number of nitrogens with one attached hydrogen (secondary N) is 1. The molecule has 0 aliphatic rings. The number of rotatable bonds is 9. The molecule has 1 aromatic rings. The third-order valence-electron chi connectivity index (χ3n) is 2.31. The van der Waals surface area contributed by atoms with E-state index in [0.717, 1.165) is 25.9 Å². The van der Waals surface area contributed by atoms with Gasteiger partial charge in [-0.15, -0.1) is 11.3 Å². The van der Waals surface area contributed by atoms with Gasteiger partial charge < -0.3 is 5.32 Å². The van der Waals surface area contributed by atoms with E-state index in [9.17, 15) is 0 Å². The molecular formula is C12H22N2S2. The summed E-state index contributed by atoms with van der Waals surface area (Å²) in [6, 6.07) is 0. The molecule has 1 rings (SSSR count). The lowest BCUT2D eigenvalue weighted by atomic mass is 10.3. The van der Waals surface area contributed by atoms with E-state index in [-0.39, 0.29) is 0 Å². The van der Waals surface area contributed by atoms with Crippen molar-refractivity contribution in [3.63, 3.8) is 0 Å². The normalized spacial score (nSPS) is 10.9. The van der Waals surface area contributed by atoms with Gasteiger partial charge in [0.1, 0.15) is 0 Å². The minimum Gasteiger partial charge on any atom is -0.316 e. The quantitative estimate of drug-likeness (QED) is 0.689. The van der Waals surface area contributed by atoms with E-state index in [4.69, 9.17) is 0 Å². The highest BCUT2D eigenvalue weighted by molar-refractivity contribution is 7.99. The summed E-state index contributed by atoms with van der Waals surface area (Å²) in [6.45, 7) is 6.57. The van der Waals surface area contributed by atoms with E-state index in [2.05, 4.69) is 29.5 Å². The smallest absolute Gasteiger partial charge is 0.0925 e. The monoisotopic (exact) mass is 258 g/mol. The van der Waals surface area contributed by atoms with Gasteiger partial charge in [-0.05, 0) is 30.9 Å². The standard InChI is InChI=1S/C12H22N2S2/c1-3-12-14-11(10-16-12)6-8-13-7-5-9-15-4-2/h10,13H,3-9H2,1-2H3. The molecule has 0 radical (unpaired) electrons. The van der Waals surface area contributed by atoms with E-state index in [1.165, 1.54) is 28.6 Å². The minimum absolute atomic E-state index is 1.06. The summed E-state index contributed by atoms with van der Waals surface area (Å²) >= 11 is 3.80. The first-order chi connectivity index (χ1) is 7.86. The number of hydrogen-bond donors (Lipinski definition) is 1. The van der Waals surface area contributed by atoms with Crippen molar-refractivity contribution in [3.8, 4) is 0 Å². The number of hydrogen-bond acceptors (Lipinski definition) is 4. The lowest BCUT2D eigenvalue weighted by Gasteiger charge is -2.02. The predicted molar refractivity (Wildman–Crippen MR) is 75.7 cm³/mol. The molecule has 92 valence electrons. The topological polar surface area (TPSA) is 24.9 Å². The highest BCUT2D eigenvalue weighted by atomic mass is 32.2. The van der Waals surface area contributed by atoms with Gasteiger partial charge in [0.05, 0.1) is 10.7 Å². The van der Waals surface area contributed by atoms with Crippen LogP contribution in [-0.2, 0) is 12.8 Å². The summed E-state index contributed by atoms with van der Waals surface area (Å²) in [4.78, 5) is 4.55. The third kappa shape index (κ3) is 5.87. The molecule has 0 unspecified atom stereocenters. The Morgan fingerprint density at radius 1 is 1.38 bits per heavy atom. The molecule has 2 nitrogen and oxygen atoms in total. The number of thiazole rings is 1. The minimum atomic E-state index is 1.06. The van der Waals surface area contributed by atoms with Gasteiger partial charge >= 0.3 is 0 Å². The van der Waals surface area contributed by atoms with Gasteiger partial charge in [-0.3, -0.25) is 0 Å². The molecule has 1 N–H and O–H groups in total. The summed E-state index contributed by atoms with van der Waals surface area (Å²) in [5.74, 6) is 2.51. The maximum absolute atomic E-state index is 4.55. The fourth-order valence-corrected chi connectivity index (χ4v) is 2.83. The zero-order chi connectivity index (χ0) is 11.6. The first-order valence-corrected chi connectivity index (χ1v) is 8.12. The fourth-order valence-electron chi connectivity index (χ4n) is 1.41. The maximum Gasteiger partial charge on any atom is 0.0925 e. The van der Waals surface area contributed by atoms with Crippen LogP contribution >= 0.6 is 23.1 Å². The van der Waals surface area contributed by atoms with Gasteiger partial charge in [-0.2, -0.15) is 11.8 Å². The number of nitrogens with zero attached hydrogens (tertiary/aromatic N) is 1. The van der Waals surface area contributed by atoms with Crippen LogP contribution in [-0.4, -0.2) is 29.6 Å². The lowest BCUT2D eigenvalue weighted by Crippen LogP contribution is -2.19. The molecule has 1 heterocycles. The van der Waals surface area contributed by atoms with E-state index < -0.39 is 0 Å². The van der Waals surface area contributed by atoms with E-state index in [1.807, 2.05) is 11.8 Å².